The summed E-state index contributed by atoms with van der Waals surface area (Å²) in [4.78, 5) is 13.8. The fourth-order valence-electron chi connectivity index (χ4n) is 3.94. The quantitative estimate of drug-likeness (QED) is 0.263. The Morgan fingerprint density at radius 3 is 1.82 bits per heavy atom. The summed E-state index contributed by atoms with van der Waals surface area (Å²) in [7, 11) is 0. The van der Waals surface area contributed by atoms with Crippen LogP contribution in [-0.2, 0) is 0 Å². The van der Waals surface area contributed by atoms with Gasteiger partial charge < -0.3 is 4.74 Å². The average molecular weight is 438 g/mol. The summed E-state index contributed by atoms with van der Waals surface area (Å²) in [5.41, 5.74) is 4.60. The van der Waals surface area contributed by atoms with Crippen LogP contribution in [0.1, 0.15) is 44.6 Å². The highest BCUT2D eigenvalue weighted by Gasteiger charge is 2.14. The third-order valence-corrected chi connectivity index (χ3v) is 5.75. The van der Waals surface area contributed by atoms with Crippen LogP contribution in [0.15, 0.2) is 91.3 Å². The van der Waals surface area contributed by atoms with E-state index in [4.69, 9.17) is 9.72 Å². The number of hydrogen-bond acceptors (Lipinski definition) is 4. The fourth-order valence-corrected chi connectivity index (χ4v) is 3.94. The molecule has 1 unspecified atom stereocenters. The molecule has 0 radical (unpaired) electrons. The minimum Gasteiger partial charge on any atom is -0.493 e. The Bertz CT molecular complexity index is 1060. The van der Waals surface area contributed by atoms with Gasteiger partial charge in [-0.05, 0) is 54.5 Å². The van der Waals surface area contributed by atoms with Gasteiger partial charge in [0.2, 0.25) is 0 Å². The third-order valence-electron chi connectivity index (χ3n) is 5.75. The van der Waals surface area contributed by atoms with E-state index in [9.17, 15) is 0 Å². The number of pyridine rings is 3. The van der Waals surface area contributed by atoms with E-state index in [1.807, 2.05) is 48.5 Å². The van der Waals surface area contributed by atoms with Gasteiger partial charge in [0.15, 0.2) is 0 Å². The molecule has 0 aliphatic heterocycles. The Hall–Kier alpha value is -3.53. The number of benzene rings is 1. The summed E-state index contributed by atoms with van der Waals surface area (Å²) in [6.45, 7) is 5.21. The Kier molecular flexibility index (Phi) is 7.81. The van der Waals surface area contributed by atoms with E-state index in [1.165, 1.54) is 18.4 Å². The van der Waals surface area contributed by atoms with E-state index < -0.39 is 0 Å². The molecule has 0 spiro atoms. The van der Waals surface area contributed by atoms with E-state index >= 15 is 0 Å². The van der Waals surface area contributed by atoms with Gasteiger partial charge in [-0.15, -0.1) is 0 Å². The van der Waals surface area contributed by atoms with Crippen LogP contribution in [0.25, 0.3) is 22.8 Å². The first-order valence-electron chi connectivity index (χ1n) is 11.7. The summed E-state index contributed by atoms with van der Waals surface area (Å²) in [6.07, 6.45) is 6.91. The largest absolute Gasteiger partial charge is 0.493 e. The van der Waals surface area contributed by atoms with Crippen molar-refractivity contribution in [3.8, 4) is 28.5 Å². The predicted octanol–water partition coefficient (Wildman–Crippen LogP) is 7.19. The molecule has 1 aromatic carbocycles. The number of aromatic nitrogens is 3. The van der Waals surface area contributed by atoms with Gasteiger partial charge in [0.05, 0.1) is 29.4 Å². The lowest BCUT2D eigenvalue weighted by Crippen LogP contribution is -2.08. The number of ether oxygens (including phenoxy) is 1. The van der Waals surface area contributed by atoms with Crippen molar-refractivity contribution in [2.75, 3.05) is 6.61 Å². The van der Waals surface area contributed by atoms with Gasteiger partial charge in [0, 0.05) is 24.5 Å². The second kappa shape index (κ2) is 11.4. The molecule has 3 heterocycles. The molecule has 3 aromatic heterocycles. The van der Waals surface area contributed by atoms with E-state index in [2.05, 4.69) is 54.1 Å². The average Bonchev–Trinajstić information content (AvgIpc) is 2.87. The number of hydrogen-bond donors (Lipinski definition) is 0. The maximum atomic E-state index is 6.29. The number of nitrogens with zero attached hydrogens (tertiary/aromatic N) is 3. The Balaban J connectivity index is 1.54. The SMILES string of the molecule is CC(C)CCC(CCOc1cc(-c2ccccn2)nc(-c2ccccn2)c1)c1ccccc1. The molecule has 0 N–H and O–H groups in total. The molecular weight excluding hydrogens is 406 g/mol. The molecule has 0 amide bonds. The van der Waals surface area contributed by atoms with Crippen LogP contribution in [0.5, 0.6) is 5.75 Å². The number of rotatable bonds is 10. The van der Waals surface area contributed by atoms with Crippen molar-refractivity contribution in [3.63, 3.8) is 0 Å². The summed E-state index contributed by atoms with van der Waals surface area (Å²) < 4.78 is 6.29. The normalized spacial score (nSPS) is 12.0. The molecule has 33 heavy (non-hydrogen) atoms. The molecule has 0 aliphatic rings. The van der Waals surface area contributed by atoms with Crippen molar-refractivity contribution in [1.82, 2.24) is 15.0 Å². The van der Waals surface area contributed by atoms with Crippen LogP contribution in [-0.4, -0.2) is 21.6 Å². The van der Waals surface area contributed by atoms with Crippen LogP contribution in [0.3, 0.4) is 0 Å². The summed E-state index contributed by atoms with van der Waals surface area (Å²) in [5, 5.41) is 0. The highest BCUT2D eigenvalue weighted by molar-refractivity contribution is 5.64. The molecule has 4 nitrogen and oxygen atoms in total. The first-order valence-corrected chi connectivity index (χ1v) is 11.7. The monoisotopic (exact) mass is 437 g/mol. The van der Waals surface area contributed by atoms with Gasteiger partial charge in [-0.1, -0.05) is 62.7 Å². The van der Waals surface area contributed by atoms with Gasteiger partial charge >= 0.3 is 0 Å². The molecule has 0 bridgehead atoms. The van der Waals surface area contributed by atoms with Crippen molar-refractivity contribution in [3.05, 3.63) is 96.8 Å². The van der Waals surface area contributed by atoms with Crippen molar-refractivity contribution in [2.45, 2.75) is 39.0 Å². The van der Waals surface area contributed by atoms with Crippen LogP contribution in [0.4, 0.5) is 0 Å². The topological polar surface area (TPSA) is 47.9 Å². The highest BCUT2D eigenvalue weighted by Crippen LogP contribution is 2.29. The Labute approximate surface area is 196 Å². The molecule has 0 saturated carbocycles. The maximum Gasteiger partial charge on any atom is 0.123 e. The predicted molar refractivity (Wildman–Crippen MR) is 134 cm³/mol. The molecule has 0 aliphatic carbocycles. The lowest BCUT2D eigenvalue weighted by Gasteiger charge is -2.19. The molecule has 4 aromatic rings. The first-order chi connectivity index (χ1) is 16.2. The molecular formula is C29H31N3O. The van der Waals surface area contributed by atoms with Crippen molar-refractivity contribution < 1.29 is 4.74 Å². The minimum atomic E-state index is 0.487. The summed E-state index contributed by atoms with van der Waals surface area (Å²) in [5.74, 6) is 1.97. The van der Waals surface area contributed by atoms with Gasteiger partial charge in [-0.3, -0.25) is 9.97 Å². The molecule has 0 fully saturated rings. The first kappa shape index (κ1) is 22.7. The van der Waals surface area contributed by atoms with Crippen LogP contribution >= 0.6 is 0 Å². The van der Waals surface area contributed by atoms with E-state index in [-0.39, 0.29) is 0 Å². The lowest BCUT2D eigenvalue weighted by atomic mass is 9.89. The second-order valence-electron chi connectivity index (χ2n) is 8.72. The summed E-state index contributed by atoms with van der Waals surface area (Å²) >= 11 is 0. The molecule has 4 heteroatoms. The van der Waals surface area contributed by atoms with Crippen molar-refractivity contribution in [1.29, 1.82) is 0 Å². The van der Waals surface area contributed by atoms with E-state index in [0.717, 1.165) is 34.9 Å². The van der Waals surface area contributed by atoms with Crippen molar-refractivity contribution in [2.24, 2.45) is 5.92 Å². The van der Waals surface area contributed by atoms with Crippen LogP contribution in [0, 0.1) is 5.92 Å². The Morgan fingerprint density at radius 1 is 0.667 bits per heavy atom. The van der Waals surface area contributed by atoms with Crippen molar-refractivity contribution >= 4 is 0 Å². The summed E-state index contributed by atoms with van der Waals surface area (Å²) in [6, 6.07) is 26.4. The smallest absolute Gasteiger partial charge is 0.123 e. The zero-order chi connectivity index (χ0) is 22.9. The van der Waals surface area contributed by atoms with E-state index in [0.29, 0.717) is 18.4 Å². The maximum absolute atomic E-state index is 6.29. The van der Waals surface area contributed by atoms with Crippen LogP contribution in [0.2, 0.25) is 0 Å². The second-order valence-corrected chi connectivity index (χ2v) is 8.72. The van der Waals surface area contributed by atoms with Gasteiger partial charge in [-0.2, -0.15) is 0 Å². The van der Waals surface area contributed by atoms with Gasteiger partial charge in [0.25, 0.3) is 0 Å². The molecule has 4 rings (SSSR count). The highest BCUT2D eigenvalue weighted by atomic mass is 16.5. The van der Waals surface area contributed by atoms with E-state index in [1.54, 1.807) is 12.4 Å². The minimum absolute atomic E-state index is 0.487. The standard InChI is InChI=1S/C29H31N3O/c1-22(2)14-15-24(23-10-4-3-5-11-23)16-19-33-25-20-28(26-12-6-8-17-30-26)32-29(21-25)27-13-7-9-18-31-27/h3-13,17-18,20-22,24H,14-16,19H2,1-2H3. The molecule has 1 atom stereocenters. The zero-order valence-corrected chi connectivity index (χ0v) is 19.4. The zero-order valence-electron chi connectivity index (χ0n) is 19.4. The molecule has 168 valence electrons. The third kappa shape index (κ3) is 6.48. The molecule has 0 saturated heterocycles. The van der Waals surface area contributed by atoms with Gasteiger partial charge in [-0.25, -0.2) is 4.98 Å². The Morgan fingerprint density at radius 2 is 1.27 bits per heavy atom. The lowest BCUT2D eigenvalue weighted by molar-refractivity contribution is 0.291. The van der Waals surface area contributed by atoms with Crippen LogP contribution < -0.4 is 4.74 Å². The fraction of sp³-hybridized carbons (Fsp3) is 0.276. The van der Waals surface area contributed by atoms with Gasteiger partial charge in [0.1, 0.15) is 5.75 Å².